The third-order valence-corrected chi connectivity index (χ3v) is 9.01. The van der Waals surface area contributed by atoms with Crippen LogP contribution in [0.25, 0.3) is 5.69 Å². The molecule has 8 heteroatoms. The largest absolute Gasteiger partial charge is 0.494 e. The normalized spacial score (nSPS) is 20.1. The van der Waals surface area contributed by atoms with Crippen molar-refractivity contribution in [1.82, 2.24) is 14.7 Å². The molecule has 3 heterocycles. The summed E-state index contributed by atoms with van der Waals surface area (Å²) >= 11 is 0. The monoisotopic (exact) mass is 593 g/mol. The van der Waals surface area contributed by atoms with Crippen LogP contribution in [0, 0.1) is 18.8 Å². The van der Waals surface area contributed by atoms with Gasteiger partial charge >= 0.3 is 6.03 Å². The first-order valence-corrected chi connectivity index (χ1v) is 15.8. The van der Waals surface area contributed by atoms with E-state index in [1.165, 1.54) is 5.56 Å². The Hall–Kier alpha value is -4.33. The van der Waals surface area contributed by atoms with Gasteiger partial charge in [-0.25, -0.2) is 9.48 Å². The average molecular weight is 594 g/mol. The molecule has 3 aromatic rings. The second-order valence-electron chi connectivity index (χ2n) is 13.5. The van der Waals surface area contributed by atoms with Crippen LogP contribution in [0.4, 0.5) is 16.3 Å². The maximum Gasteiger partial charge on any atom is 0.324 e. The zero-order valence-electron chi connectivity index (χ0n) is 26.2. The van der Waals surface area contributed by atoms with Crippen LogP contribution in [0.2, 0.25) is 0 Å². The van der Waals surface area contributed by atoms with Crippen molar-refractivity contribution < 1.29 is 14.3 Å². The lowest BCUT2D eigenvalue weighted by Crippen LogP contribution is -2.40. The van der Waals surface area contributed by atoms with Crippen molar-refractivity contribution in [3.05, 3.63) is 95.4 Å². The SMILES string of the molecule is Cc1ccc(-n2nc(C(C)(C)C)cc2NC(=O)Nc2ccc(CC3CCN(C(=O)C4=CC5OC=CC5CC4)CC3)cc2)cc1. The third-order valence-electron chi connectivity index (χ3n) is 9.01. The summed E-state index contributed by atoms with van der Waals surface area (Å²) < 4.78 is 7.43. The average Bonchev–Trinajstić information content (AvgIpc) is 3.66. The number of nitrogens with one attached hydrogen (secondary N) is 2. The van der Waals surface area contributed by atoms with Gasteiger partial charge < -0.3 is 15.0 Å². The van der Waals surface area contributed by atoms with Crippen molar-refractivity contribution in [1.29, 1.82) is 0 Å². The van der Waals surface area contributed by atoms with Crippen LogP contribution < -0.4 is 10.6 Å². The summed E-state index contributed by atoms with van der Waals surface area (Å²) in [5.74, 6) is 1.75. The van der Waals surface area contributed by atoms with E-state index in [4.69, 9.17) is 9.84 Å². The minimum Gasteiger partial charge on any atom is -0.494 e. The molecule has 6 rings (SSSR count). The molecule has 2 atom stereocenters. The Morgan fingerprint density at radius 3 is 2.41 bits per heavy atom. The van der Waals surface area contributed by atoms with Gasteiger partial charge in [0.2, 0.25) is 5.91 Å². The predicted octanol–water partition coefficient (Wildman–Crippen LogP) is 7.15. The van der Waals surface area contributed by atoms with Crippen LogP contribution in [-0.2, 0) is 21.4 Å². The number of nitrogens with zero attached hydrogens (tertiary/aromatic N) is 3. The van der Waals surface area contributed by atoms with Crippen LogP contribution >= 0.6 is 0 Å². The molecule has 3 aliphatic rings. The van der Waals surface area contributed by atoms with Gasteiger partial charge in [0.05, 0.1) is 17.6 Å². The molecule has 1 saturated heterocycles. The molecular formula is C36H43N5O3. The fraction of sp³-hybridized carbons (Fsp3) is 0.417. The van der Waals surface area contributed by atoms with Gasteiger partial charge in [0.15, 0.2) is 0 Å². The van der Waals surface area contributed by atoms with Crippen molar-refractivity contribution in [3.8, 4) is 5.69 Å². The second-order valence-corrected chi connectivity index (χ2v) is 13.5. The van der Waals surface area contributed by atoms with Crippen molar-refractivity contribution in [2.45, 2.75) is 71.3 Å². The molecule has 0 radical (unpaired) electrons. The zero-order chi connectivity index (χ0) is 30.8. The van der Waals surface area contributed by atoms with Crippen molar-refractivity contribution in [2.75, 3.05) is 23.7 Å². The van der Waals surface area contributed by atoms with E-state index in [2.05, 4.69) is 49.6 Å². The minimum atomic E-state index is -0.317. The molecule has 44 heavy (non-hydrogen) atoms. The highest BCUT2D eigenvalue weighted by molar-refractivity contribution is 5.99. The van der Waals surface area contributed by atoms with Crippen LogP contribution in [0.15, 0.2) is 78.6 Å². The fourth-order valence-electron chi connectivity index (χ4n) is 6.25. The third kappa shape index (κ3) is 6.74. The van der Waals surface area contributed by atoms with Gasteiger partial charge in [-0.15, -0.1) is 0 Å². The summed E-state index contributed by atoms with van der Waals surface area (Å²) in [6.45, 7) is 9.96. The molecule has 2 aliphatic heterocycles. The number of aryl methyl sites for hydroxylation is 1. The zero-order valence-corrected chi connectivity index (χ0v) is 26.2. The van der Waals surface area contributed by atoms with Crippen LogP contribution in [-0.4, -0.2) is 45.8 Å². The van der Waals surface area contributed by atoms with E-state index >= 15 is 0 Å². The Bertz CT molecular complexity index is 1550. The van der Waals surface area contributed by atoms with E-state index in [9.17, 15) is 9.59 Å². The number of amides is 3. The number of ether oxygens (including phenoxy) is 1. The smallest absolute Gasteiger partial charge is 0.324 e. The number of likely N-dealkylation sites (tertiary alicyclic amines) is 1. The first-order valence-electron chi connectivity index (χ1n) is 15.8. The Morgan fingerprint density at radius 1 is 0.977 bits per heavy atom. The summed E-state index contributed by atoms with van der Waals surface area (Å²) in [6.07, 6.45) is 10.7. The summed E-state index contributed by atoms with van der Waals surface area (Å²) in [5.41, 5.74) is 5.67. The molecule has 0 spiro atoms. The Balaban J connectivity index is 1.01. The topological polar surface area (TPSA) is 88.5 Å². The number of piperidine rings is 1. The van der Waals surface area contributed by atoms with E-state index in [0.29, 0.717) is 17.7 Å². The number of urea groups is 1. The number of carbonyl (C=O) groups excluding carboxylic acids is 2. The van der Waals surface area contributed by atoms with Gasteiger partial charge in [0.1, 0.15) is 11.9 Å². The minimum absolute atomic E-state index is 0.0345. The Kier molecular flexibility index (Phi) is 8.34. The summed E-state index contributed by atoms with van der Waals surface area (Å²) in [7, 11) is 0. The quantitative estimate of drug-likeness (QED) is 0.318. The number of rotatable bonds is 6. The maximum atomic E-state index is 13.1. The molecular weight excluding hydrogens is 550 g/mol. The highest BCUT2D eigenvalue weighted by atomic mass is 16.5. The molecule has 2 aromatic carbocycles. The molecule has 0 bridgehead atoms. The molecule has 1 aliphatic carbocycles. The molecule has 2 unspecified atom stereocenters. The van der Waals surface area contributed by atoms with Crippen LogP contribution in [0.3, 0.4) is 0 Å². The molecule has 1 fully saturated rings. The Labute approximate surface area is 260 Å². The van der Waals surface area contributed by atoms with E-state index in [1.54, 1.807) is 10.9 Å². The van der Waals surface area contributed by atoms with Crippen molar-refractivity contribution in [3.63, 3.8) is 0 Å². The first-order chi connectivity index (χ1) is 21.1. The first kappa shape index (κ1) is 29.7. The van der Waals surface area contributed by atoms with E-state index in [1.807, 2.05) is 60.4 Å². The van der Waals surface area contributed by atoms with Crippen LogP contribution in [0.5, 0.6) is 0 Å². The van der Waals surface area contributed by atoms with Gasteiger partial charge in [-0.05, 0) is 86.9 Å². The van der Waals surface area contributed by atoms with Crippen molar-refractivity contribution >= 4 is 23.4 Å². The molecule has 230 valence electrons. The van der Waals surface area contributed by atoms with E-state index in [0.717, 1.165) is 73.4 Å². The van der Waals surface area contributed by atoms with Gasteiger partial charge in [-0.1, -0.05) is 50.6 Å². The lowest BCUT2D eigenvalue weighted by molar-refractivity contribution is -0.128. The lowest BCUT2D eigenvalue weighted by atomic mass is 9.86. The lowest BCUT2D eigenvalue weighted by Gasteiger charge is -2.34. The standard InChI is InChI=1S/C36H43N5O3/c1-24-5-13-30(14-6-24)41-33(23-32(39-41)36(2,3)4)38-35(43)37-29-11-7-25(8-12-29)21-26-15-18-40(19-16-26)34(42)28-10-9-27-17-20-44-31(27)22-28/h5-8,11-14,17,20,22-23,26-27,31H,9-10,15-16,18-19,21H2,1-4H3,(H2,37,38,43). The molecule has 1 aromatic heterocycles. The predicted molar refractivity (Wildman–Crippen MR) is 174 cm³/mol. The Morgan fingerprint density at radius 2 is 1.70 bits per heavy atom. The van der Waals surface area contributed by atoms with Gasteiger partial charge in [0, 0.05) is 41.7 Å². The summed E-state index contributed by atoms with van der Waals surface area (Å²) in [5, 5.41) is 10.8. The van der Waals surface area contributed by atoms with Gasteiger partial charge in [0.25, 0.3) is 0 Å². The highest BCUT2D eigenvalue weighted by Crippen LogP contribution is 2.33. The van der Waals surface area contributed by atoms with Gasteiger partial charge in [-0.3, -0.25) is 10.1 Å². The molecule has 3 amide bonds. The number of hydrogen-bond donors (Lipinski definition) is 2. The van der Waals surface area contributed by atoms with E-state index < -0.39 is 0 Å². The van der Waals surface area contributed by atoms with Crippen LogP contribution in [0.1, 0.15) is 63.3 Å². The number of benzene rings is 2. The molecule has 2 N–H and O–H groups in total. The number of aromatic nitrogens is 2. The van der Waals surface area contributed by atoms with E-state index in [-0.39, 0.29) is 23.5 Å². The highest BCUT2D eigenvalue weighted by Gasteiger charge is 2.32. The summed E-state index contributed by atoms with van der Waals surface area (Å²) in [4.78, 5) is 28.2. The maximum absolute atomic E-state index is 13.1. The summed E-state index contributed by atoms with van der Waals surface area (Å²) in [6, 6.07) is 17.8. The second kappa shape index (κ2) is 12.3. The number of anilines is 2. The van der Waals surface area contributed by atoms with Gasteiger partial charge in [-0.2, -0.15) is 5.10 Å². The molecule has 8 nitrogen and oxygen atoms in total. The number of carbonyl (C=O) groups is 2. The van der Waals surface area contributed by atoms with Crippen molar-refractivity contribution in [2.24, 2.45) is 11.8 Å². The number of fused-ring (bicyclic) bond motifs is 1. The fourth-order valence-corrected chi connectivity index (χ4v) is 6.25. The number of hydrogen-bond acceptors (Lipinski definition) is 4. The molecule has 0 saturated carbocycles.